The van der Waals surface area contributed by atoms with Crippen LogP contribution >= 0.6 is 0 Å². The molecule has 158 valence electrons. The van der Waals surface area contributed by atoms with Crippen LogP contribution in [0.2, 0.25) is 0 Å². The summed E-state index contributed by atoms with van der Waals surface area (Å²) in [6.45, 7) is 7.98. The zero-order chi connectivity index (χ0) is 22.1. The first-order valence-electron chi connectivity index (χ1n) is 9.64. The van der Waals surface area contributed by atoms with Crippen molar-refractivity contribution in [1.82, 2.24) is 14.9 Å². The molecule has 1 aromatic heterocycles. The second-order valence-electron chi connectivity index (χ2n) is 8.59. The van der Waals surface area contributed by atoms with E-state index < -0.39 is 36.2 Å². The number of hydrogen-bond donors (Lipinski definition) is 0. The molecule has 2 unspecified atom stereocenters. The number of carbonyl (C=O) groups is 1. The van der Waals surface area contributed by atoms with Crippen LogP contribution in [0.3, 0.4) is 0 Å². The summed E-state index contributed by atoms with van der Waals surface area (Å²) in [6, 6.07) is 8.43. The number of aromatic nitrogens is 2. The highest BCUT2D eigenvalue weighted by molar-refractivity contribution is 5.70. The van der Waals surface area contributed by atoms with Crippen molar-refractivity contribution in [3.8, 4) is 17.2 Å². The van der Waals surface area contributed by atoms with Gasteiger partial charge in [-0.2, -0.15) is 5.26 Å². The van der Waals surface area contributed by atoms with Gasteiger partial charge in [0.1, 0.15) is 30.2 Å². The van der Waals surface area contributed by atoms with Gasteiger partial charge >= 0.3 is 6.09 Å². The van der Waals surface area contributed by atoms with Gasteiger partial charge in [-0.25, -0.2) is 19.2 Å². The summed E-state index contributed by atoms with van der Waals surface area (Å²) in [4.78, 5) is 22.0. The Balaban J connectivity index is 1.86. The second-order valence-corrected chi connectivity index (χ2v) is 8.59. The molecule has 0 bridgehead atoms. The van der Waals surface area contributed by atoms with Gasteiger partial charge in [-0.1, -0.05) is 24.3 Å². The van der Waals surface area contributed by atoms with Crippen LogP contribution in [0, 0.1) is 11.3 Å². The number of nitrogens with zero attached hydrogens (tertiary/aromatic N) is 4. The molecule has 2 heterocycles. The number of amides is 1. The number of benzene rings is 1. The third-order valence-corrected chi connectivity index (χ3v) is 4.75. The van der Waals surface area contributed by atoms with Gasteiger partial charge in [0.25, 0.3) is 0 Å². The molecular weight excluding hydrogens is 387 g/mol. The van der Waals surface area contributed by atoms with Crippen molar-refractivity contribution in [2.24, 2.45) is 0 Å². The van der Waals surface area contributed by atoms with E-state index in [0.717, 1.165) is 16.7 Å². The Morgan fingerprint density at radius 2 is 1.83 bits per heavy atom. The van der Waals surface area contributed by atoms with Crippen molar-refractivity contribution in [2.75, 3.05) is 6.67 Å². The van der Waals surface area contributed by atoms with E-state index in [9.17, 15) is 9.18 Å². The molecule has 0 N–H and O–H groups in total. The lowest BCUT2D eigenvalue weighted by molar-refractivity contribution is -0.0797. The quantitative estimate of drug-likeness (QED) is 0.743. The summed E-state index contributed by atoms with van der Waals surface area (Å²) >= 11 is 0. The highest BCUT2D eigenvalue weighted by Gasteiger charge is 2.51. The van der Waals surface area contributed by atoms with Crippen LogP contribution in [0.25, 0.3) is 11.1 Å². The summed E-state index contributed by atoms with van der Waals surface area (Å²) in [5, 5.41) is 8.81. The number of carbonyl (C=O) groups excluding carboxylic acids is 1. The molecule has 2 aromatic rings. The van der Waals surface area contributed by atoms with Crippen LogP contribution in [0.15, 0.2) is 36.7 Å². The number of rotatable bonds is 3. The average molecular weight is 412 g/mol. The lowest BCUT2D eigenvalue weighted by atomic mass is 10.00. The smallest absolute Gasteiger partial charge is 0.413 e. The number of nitriles is 1. The number of ether oxygens (including phenoxy) is 2. The van der Waals surface area contributed by atoms with Gasteiger partial charge in [0.2, 0.25) is 5.82 Å². The lowest BCUT2D eigenvalue weighted by Crippen LogP contribution is -2.50. The van der Waals surface area contributed by atoms with Crippen molar-refractivity contribution >= 4 is 6.09 Å². The van der Waals surface area contributed by atoms with E-state index in [1.165, 1.54) is 4.90 Å². The average Bonchev–Trinajstić information content (AvgIpc) is 2.97. The predicted molar refractivity (Wildman–Crippen MR) is 108 cm³/mol. The Labute approximate surface area is 175 Å². The zero-order valence-electron chi connectivity index (χ0n) is 17.7. The van der Waals surface area contributed by atoms with Gasteiger partial charge in [0.15, 0.2) is 0 Å². The molecule has 8 heteroatoms. The predicted octanol–water partition coefficient (Wildman–Crippen LogP) is 4.40. The lowest BCUT2D eigenvalue weighted by Gasteiger charge is -2.34. The fraction of sp³-hybridized carbons (Fsp3) is 0.455. The van der Waals surface area contributed by atoms with E-state index in [2.05, 4.69) is 9.97 Å². The molecule has 1 fully saturated rings. The highest BCUT2D eigenvalue weighted by atomic mass is 19.1. The Morgan fingerprint density at radius 3 is 2.33 bits per heavy atom. The van der Waals surface area contributed by atoms with Gasteiger partial charge in [0, 0.05) is 18.0 Å². The van der Waals surface area contributed by atoms with Crippen molar-refractivity contribution in [1.29, 1.82) is 5.26 Å². The SMILES string of the molecule is CC(C)(C)OC(=O)N1C(CF)C(c2ccc(-c3cnc(C#N)nc3)cc2)OC1(C)C. The molecule has 0 aliphatic carbocycles. The van der Waals surface area contributed by atoms with Crippen molar-refractivity contribution in [2.45, 2.75) is 58.1 Å². The first kappa shape index (κ1) is 21.7. The maximum absolute atomic E-state index is 14.1. The number of alkyl halides is 1. The van der Waals surface area contributed by atoms with Gasteiger partial charge in [-0.05, 0) is 45.7 Å². The monoisotopic (exact) mass is 412 g/mol. The van der Waals surface area contributed by atoms with Crippen LogP contribution in [-0.2, 0) is 9.47 Å². The molecule has 1 aliphatic rings. The topological polar surface area (TPSA) is 88.3 Å². The number of hydrogen-bond acceptors (Lipinski definition) is 6. The molecule has 3 rings (SSSR count). The van der Waals surface area contributed by atoms with Crippen LogP contribution in [-0.4, -0.2) is 45.0 Å². The van der Waals surface area contributed by atoms with Gasteiger partial charge in [0.05, 0.1) is 6.04 Å². The van der Waals surface area contributed by atoms with E-state index in [1.807, 2.05) is 30.3 Å². The van der Waals surface area contributed by atoms with Gasteiger partial charge < -0.3 is 9.47 Å². The Kier molecular flexibility index (Phi) is 5.77. The summed E-state index contributed by atoms with van der Waals surface area (Å²) < 4.78 is 25.6. The molecule has 30 heavy (non-hydrogen) atoms. The largest absolute Gasteiger partial charge is 0.444 e. The molecule has 0 spiro atoms. The maximum atomic E-state index is 14.1. The minimum absolute atomic E-state index is 0.102. The molecule has 0 radical (unpaired) electrons. The molecule has 7 nitrogen and oxygen atoms in total. The van der Waals surface area contributed by atoms with E-state index in [4.69, 9.17) is 14.7 Å². The van der Waals surface area contributed by atoms with E-state index in [-0.39, 0.29) is 5.82 Å². The minimum Gasteiger partial charge on any atom is -0.444 e. The standard InChI is InChI=1S/C22H25FN4O3/c1-21(2,3)30-20(28)27-17(10-23)19(29-22(27,4)5)15-8-6-14(7-9-15)16-12-25-18(11-24)26-13-16/h6-9,12-13,17,19H,10H2,1-5H3. The maximum Gasteiger partial charge on any atom is 0.413 e. The Bertz CT molecular complexity index is 946. The molecule has 1 aliphatic heterocycles. The first-order valence-corrected chi connectivity index (χ1v) is 9.64. The second kappa shape index (κ2) is 8.00. The van der Waals surface area contributed by atoms with Crippen LogP contribution in [0.1, 0.15) is 52.1 Å². The van der Waals surface area contributed by atoms with Crippen LogP contribution < -0.4 is 0 Å². The van der Waals surface area contributed by atoms with Crippen molar-refractivity contribution in [3.63, 3.8) is 0 Å². The first-order chi connectivity index (χ1) is 14.1. The summed E-state index contributed by atoms with van der Waals surface area (Å²) in [5.74, 6) is 0.102. The third-order valence-electron chi connectivity index (χ3n) is 4.75. The summed E-state index contributed by atoms with van der Waals surface area (Å²) in [6.07, 6.45) is 1.90. The van der Waals surface area contributed by atoms with E-state index >= 15 is 0 Å². The highest BCUT2D eigenvalue weighted by Crippen LogP contribution is 2.42. The fourth-order valence-corrected chi connectivity index (χ4v) is 3.49. The normalized spacial score (nSPS) is 20.6. The van der Waals surface area contributed by atoms with Gasteiger partial charge in [-0.15, -0.1) is 0 Å². The molecule has 1 aromatic carbocycles. The van der Waals surface area contributed by atoms with Crippen LogP contribution in [0.4, 0.5) is 9.18 Å². The Hall–Kier alpha value is -3.05. The third kappa shape index (κ3) is 4.41. The minimum atomic E-state index is -1.02. The summed E-state index contributed by atoms with van der Waals surface area (Å²) in [7, 11) is 0. The van der Waals surface area contributed by atoms with Gasteiger partial charge in [-0.3, -0.25) is 4.90 Å². The van der Waals surface area contributed by atoms with Crippen LogP contribution in [0.5, 0.6) is 0 Å². The molecule has 2 atom stereocenters. The van der Waals surface area contributed by atoms with E-state index in [0.29, 0.717) is 0 Å². The molecule has 1 amide bonds. The summed E-state index contributed by atoms with van der Waals surface area (Å²) in [5.41, 5.74) is 0.627. The zero-order valence-corrected chi connectivity index (χ0v) is 17.7. The molecular formula is C22H25FN4O3. The fourth-order valence-electron chi connectivity index (χ4n) is 3.49. The van der Waals surface area contributed by atoms with Crippen molar-refractivity contribution in [3.05, 3.63) is 48.0 Å². The van der Waals surface area contributed by atoms with Crippen molar-refractivity contribution < 1.29 is 18.7 Å². The Morgan fingerprint density at radius 1 is 1.23 bits per heavy atom. The molecule has 0 saturated carbocycles. The number of halogens is 1. The molecule has 1 saturated heterocycles. The van der Waals surface area contributed by atoms with E-state index in [1.54, 1.807) is 47.0 Å².